The fourth-order valence-electron chi connectivity index (χ4n) is 8.76. The van der Waals surface area contributed by atoms with Gasteiger partial charge >= 0.3 is 5.97 Å². The molecule has 27 heavy (non-hydrogen) atoms. The van der Waals surface area contributed by atoms with Gasteiger partial charge in [-0.3, -0.25) is 4.79 Å². The van der Waals surface area contributed by atoms with Crippen LogP contribution >= 0.6 is 0 Å². The summed E-state index contributed by atoms with van der Waals surface area (Å²) >= 11 is 0. The lowest BCUT2D eigenvalue weighted by Crippen LogP contribution is -2.54. The molecule has 4 rings (SSSR count). The Kier molecular flexibility index (Phi) is 5.15. The zero-order valence-electron chi connectivity index (χ0n) is 17.6. The monoisotopic (exact) mass is 376 g/mol. The second kappa shape index (κ2) is 7.04. The van der Waals surface area contributed by atoms with E-state index in [1.807, 2.05) is 0 Å². The molecule has 0 aromatic rings. The highest BCUT2D eigenvalue weighted by Crippen LogP contribution is 2.68. The average Bonchev–Trinajstić information content (AvgIpc) is 2.97. The van der Waals surface area contributed by atoms with Gasteiger partial charge in [0.25, 0.3) is 0 Å². The number of hydrogen-bond donors (Lipinski definition) is 2. The summed E-state index contributed by atoms with van der Waals surface area (Å²) in [4.78, 5) is 11.0. The van der Waals surface area contributed by atoms with E-state index < -0.39 is 5.97 Å². The van der Waals surface area contributed by atoms with Gasteiger partial charge in [-0.15, -0.1) is 0 Å². The summed E-state index contributed by atoms with van der Waals surface area (Å²) in [5, 5.41) is 19.3. The van der Waals surface area contributed by atoms with Crippen LogP contribution in [0.1, 0.15) is 91.4 Å². The van der Waals surface area contributed by atoms with Gasteiger partial charge in [0, 0.05) is 6.42 Å². The van der Waals surface area contributed by atoms with Gasteiger partial charge in [0.1, 0.15) is 0 Å². The van der Waals surface area contributed by atoms with Crippen molar-refractivity contribution in [3.63, 3.8) is 0 Å². The molecule has 0 bridgehead atoms. The molecule has 4 fully saturated rings. The van der Waals surface area contributed by atoms with Crippen LogP contribution in [0.2, 0.25) is 0 Å². The molecule has 3 heteroatoms. The lowest BCUT2D eigenvalue weighted by molar-refractivity contribution is -0.138. The van der Waals surface area contributed by atoms with E-state index in [1.165, 1.54) is 44.9 Å². The Balaban J connectivity index is 1.51. The van der Waals surface area contributed by atoms with Crippen LogP contribution < -0.4 is 0 Å². The molecular weight excluding hydrogens is 336 g/mol. The molecule has 0 aliphatic heterocycles. The summed E-state index contributed by atoms with van der Waals surface area (Å²) in [5.41, 5.74) is 0.882. The van der Waals surface area contributed by atoms with E-state index in [-0.39, 0.29) is 6.10 Å². The number of fused-ring (bicyclic) bond motifs is 5. The van der Waals surface area contributed by atoms with Gasteiger partial charge in [-0.05, 0) is 111 Å². The van der Waals surface area contributed by atoms with Crippen molar-refractivity contribution in [3.05, 3.63) is 0 Å². The first-order chi connectivity index (χ1) is 12.8. The molecule has 2 N–H and O–H groups in total. The van der Waals surface area contributed by atoms with Gasteiger partial charge < -0.3 is 10.2 Å². The molecule has 154 valence electrons. The highest BCUT2D eigenvalue weighted by molar-refractivity contribution is 5.66. The number of carbonyl (C=O) groups is 1. The third kappa shape index (κ3) is 3.16. The second-order valence-corrected chi connectivity index (χ2v) is 11.2. The smallest absolute Gasteiger partial charge is 0.303 e. The maximum Gasteiger partial charge on any atom is 0.303 e. The molecule has 9 atom stereocenters. The minimum Gasteiger partial charge on any atom is -0.481 e. The largest absolute Gasteiger partial charge is 0.481 e. The van der Waals surface area contributed by atoms with Crippen LogP contribution in [0.3, 0.4) is 0 Å². The zero-order chi connectivity index (χ0) is 19.4. The van der Waals surface area contributed by atoms with Gasteiger partial charge in [0.15, 0.2) is 0 Å². The van der Waals surface area contributed by atoms with E-state index in [0.717, 1.165) is 42.9 Å². The minimum atomic E-state index is -0.643. The standard InChI is InChI=1S/C24H40O3/c1-15(4-9-22(26)27)19-7-8-20-18-6-5-16-14-17(25)10-12-23(16,2)21(18)11-13-24(19,20)3/h15-21,25H,4-14H2,1-3H3,(H,26,27)/t15?,16-,17?,18-,19-,20-,21+,23+,24-/m0/s1. The van der Waals surface area contributed by atoms with E-state index >= 15 is 0 Å². The molecule has 0 aromatic heterocycles. The lowest BCUT2D eigenvalue weighted by atomic mass is 9.44. The summed E-state index contributed by atoms with van der Waals surface area (Å²) in [6.07, 6.45) is 12.4. The predicted octanol–water partition coefficient (Wildman–Crippen LogP) is 5.51. The Morgan fingerprint density at radius 2 is 1.70 bits per heavy atom. The van der Waals surface area contributed by atoms with Crippen molar-refractivity contribution in [3.8, 4) is 0 Å². The zero-order valence-corrected chi connectivity index (χ0v) is 17.6. The topological polar surface area (TPSA) is 57.5 Å². The highest BCUT2D eigenvalue weighted by Gasteiger charge is 2.60. The number of aliphatic carboxylic acids is 1. The number of hydrogen-bond acceptors (Lipinski definition) is 2. The van der Waals surface area contributed by atoms with Crippen molar-refractivity contribution in [2.75, 3.05) is 0 Å². The second-order valence-electron chi connectivity index (χ2n) is 11.2. The summed E-state index contributed by atoms with van der Waals surface area (Å²) in [6.45, 7) is 7.43. The molecule has 0 aromatic carbocycles. The first kappa shape index (κ1) is 19.7. The maximum absolute atomic E-state index is 11.0. The molecule has 0 spiro atoms. The van der Waals surface area contributed by atoms with Crippen LogP contribution in [-0.2, 0) is 4.79 Å². The summed E-state index contributed by atoms with van der Waals surface area (Å²) in [7, 11) is 0. The molecule has 4 aliphatic rings. The quantitative estimate of drug-likeness (QED) is 0.680. The highest BCUT2D eigenvalue weighted by atomic mass is 16.4. The number of aliphatic hydroxyl groups is 1. The molecule has 4 aliphatic carbocycles. The molecule has 2 unspecified atom stereocenters. The van der Waals surface area contributed by atoms with Gasteiger partial charge in [-0.25, -0.2) is 0 Å². The molecule has 0 saturated heterocycles. The van der Waals surface area contributed by atoms with Crippen LogP contribution in [0.4, 0.5) is 0 Å². The molecule has 0 heterocycles. The maximum atomic E-state index is 11.0. The van der Waals surface area contributed by atoms with E-state index in [4.69, 9.17) is 5.11 Å². The van der Waals surface area contributed by atoms with Crippen molar-refractivity contribution in [2.45, 2.75) is 97.5 Å². The van der Waals surface area contributed by atoms with E-state index in [1.54, 1.807) is 0 Å². The van der Waals surface area contributed by atoms with Crippen LogP contribution in [0.25, 0.3) is 0 Å². The summed E-state index contributed by atoms with van der Waals surface area (Å²) < 4.78 is 0. The SMILES string of the molecule is CC(CCC(=O)O)[C@@H]1CC[C@H]2[C@@H]3CC[C@H]4CC(O)CC[C@@]4(C)[C@@H]3CC[C@@]12C. The van der Waals surface area contributed by atoms with E-state index in [0.29, 0.717) is 29.1 Å². The number of rotatable bonds is 4. The molecule has 3 nitrogen and oxygen atoms in total. The Morgan fingerprint density at radius 3 is 2.44 bits per heavy atom. The number of aliphatic hydroxyl groups excluding tert-OH is 1. The molecule has 4 saturated carbocycles. The average molecular weight is 377 g/mol. The Morgan fingerprint density at radius 1 is 1.00 bits per heavy atom. The normalized spacial score (nSPS) is 50.4. The van der Waals surface area contributed by atoms with E-state index in [9.17, 15) is 9.90 Å². The summed E-state index contributed by atoms with van der Waals surface area (Å²) in [5.74, 6) is 3.91. The van der Waals surface area contributed by atoms with Gasteiger partial charge in [-0.1, -0.05) is 20.8 Å². The van der Waals surface area contributed by atoms with Crippen molar-refractivity contribution in [2.24, 2.45) is 46.3 Å². The van der Waals surface area contributed by atoms with Crippen molar-refractivity contribution in [1.82, 2.24) is 0 Å². The fraction of sp³-hybridized carbons (Fsp3) is 0.958. The van der Waals surface area contributed by atoms with Gasteiger partial charge in [-0.2, -0.15) is 0 Å². The lowest BCUT2D eigenvalue weighted by Gasteiger charge is -2.61. The molecule has 0 amide bonds. The minimum absolute atomic E-state index is 0.0561. The van der Waals surface area contributed by atoms with Crippen LogP contribution in [0, 0.1) is 46.3 Å². The van der Waals surface area contributed by atoms with Crippen molar-refractivity contribution in [1.29, 1.82) is 0 Å². The Hall–Kier alpha value is -0.570. The van der Waals surface area contributed by atoms with Crippen molar-refractivity contribution >= 4 is 5.97 Å². The third-order valence-corrected chi connectivity index (χ3v) is 10.2. The first-order valence-electron chi connectivity index (χ1n) is 11.7. The van der Waals surface area contributed by atoms with E-state index in [2.05, 4.69) is 20.8 Å². The van der Waals surface area contributed by atoms with Gasteiger partial charge in [0.2, 0.25) is 0 Å². The Bertz CT molecular complexity index is 574. The number of carboxylic acids is 1. The van der Waals surface area contributed by atoms with Crippen molar-refractivity contribution < 1.29 is 15.0 Å². The molecular formula is C24H40O3. The number of carboxylic acid groups (broad SMARTS) is 1. The first-order valence-corrected chi connectivity index (χ1v) is 11.7. The fourth-order valence-corrected chi connectivity index (χ4v) is 8.76. The summed E-state index contributed by atoms with van der Waals surface area (Å²) in [6, 6.07) is 0. The molecule has 0 radical (unpaired) electrons. The van der Waals surface area contributed by atoms with Gasteiger partial charge in [0.05, 0.1) is 6.10 Å². The predicted molar refractivity (Wildman–Crippen MR) is 107 cm³/mol. The van der Waals surface area contributed by atoms with Crippen LogP contribution in [0.5, 0.6) is 0 Å². The Labute approximate surface area is 165 Å². The van der Waals surface area contributed by atoms with Crippen LogP contribution in [-0.4, -0.2) is 22.3 Å². The van der Waals surface area contributed by atoms with Crippen LogP contribution in [0.15, 0.2) is 0 Å². The third-order valence-electron chi connectivity index (χ3n) is 10.2.